The fraction of sp³-hybridized carbons (Fsp3) is 0.708. The first-order valence-electron chi connectivity index (χ1n) is 12.6. The first-order valence-corrected chi connectivity index (χ1v) is 14.5. The Balaban J connectivity index is 1.40. The molecule has 0 amide bonds. The van der Waals surface area contributed by atoms with E-state index in [0.717, 1.165) is 12.8 Å². The second kappa shape index (κ2) is 10.1. The van der Waals surface area contributed by atoms with Crippen molar-refractivity contribution in [3.05, 3.63) is 12.7 Å². The number of hydrogen-bond donors (Lipinski definition) is 3. The summed E-state index contributed by atoms with van der Waals surface area (Å²) in [6, 6.07) is 0. The topological polar surface area (TPSA) is 163 Å². The van der Waals surface area contributed by atoms with Crippen LogP contribution < -0.4 is 15.9 Å². The summed E-state index contributed by atoms with van der Waals surface area (Å²) in [6.07, 6.45) is 8.28. The Morgan fingerprint density at radius 1 is 1.27 bits per heavy atom. The van der Waals surface area contributed by atoms with Crippen molar-refractivity contribution in [2.45, 2.75) is 96.6 Å². The summed E-state index contributed by atoms with van der Waals surface area (Å²) in [7, 11) is -3.61. The quantitative estimate of drug-likeness (QED) is 0.208. The van der Waals surface area contributed by atoms with E-state index in [1.54, 1.807) is 38.6 Å². The number of nitrogens with two attached hydrogens (primary N) is 1. The van der Waals surface area contributed by atoms with Crippen LogP contribution in [0, 0.1) is 5.41 Å². The van der Waals surface area contributed by atoms with Crippen LogP contribution in [0.1, 0.15) is 66.7 Å². The van der Waals surface area contributed by atoms with Gasteiger partial charge in [-0.3, -0.25) is 9.36 Å². The molecule has 204 valence electrons. The van der Waals surface area contributed by atoms with Crippen molar-refractivity contribution < 1.29 is 23.6 Å². The van der Waals surface area contributed by atoms with Crippen molar-refractivity contribution in [3.63, 3.8) is 0 Å². The van der Waals surface area contributed by atoms with Crippen molar-refractivity contribution >= 4 is 36.7 Å². The van der Waals surface area contributed by atoms with Crippen LogP contribution in [-0.4, -0.2) is 61.4 Å². The Bertz CT molecular complexity index is 1200. The monoisotopic (exact) mass is 535 g/mol. The Morgan fingerprint density at radius 2 is 1.97 bits per heavy atom. The van der Waals surface area contributed by atoms with Crippen LogP contribution in [0.5, 0.6) is 0 Å². The summed E-state index contributed by atoms with van der Waals surface area (Å²) in [5, 5.41) is 5.82. The highest BCUT2D eigenvalue weighted by Crippen LogP contribution is 2.57. The molecular weight excluding hydrogens is 497 g/mol. The zero-order chi connectivity index (χ0) is 27.1. The molecule has 0 bridgehead atoms. The zero-order valence-electron chi connectivity index (χ0n) is 22.2. The lowest BCUT2D eigenvalue weighted by molar-refractivity contribution is -0.173. The lowest BCUT2D eigenvalue weighted by Crippen LogP contribution is -2.54. The van der Waals surface area contributed by atoms with Gasteiger partial charge in [-0.05, 0) is 65.7 Å². The van der Waals surface area contributed by atoms with E-state index >= 15 is 0 Å². The number of hydrogen-bond acceptors (Lipinski definition) is 9. The first kappa shape index (κ1) is 27.6. The van der Waals surface area contributed by atoms with Gasteiger partial charge in [0.05, 0.1) is 24.5 Å². The predicted octanol–water partition coefficient (Wildman–Crippen LogP) is 2.78. The van der Waals surface area contributed by atoms with E-state index in [0.29, 0.717) is 29.4 Å². The summed E-state index contributed by atoms with van der Waals surface area (Å²) in [5.74, 6) is -0.196. The van der Waals surface area contributed by atoms with E-state index in [1.165, 1.54) is 25.6 Å². The number of fused-ring (bicyclic) bond motifs is 1. The van der Waals surface area contributed by atoms with Gasteiger partial charge in [0.2, 0.25) is 7.44 Å². The minimum Gasteiger partial charge on any atom is -0.461 e. The molecule has 4 N–H and O–H groups in total. The molecule has 1 spiro atoms. The zero-order valence-corrected chi connectivity index (χ0v) is 23.1. The third-order valence-corrected chi connectivity index (χ3v) is 9.54. The molecule has 2 heterocycles. The summed E-state index contributed by atoms with van der Waals surface area (Å²) in [4.78, 5) is 37.1. The van der Waals surface area contributed by atoms with Gasteiger partial charge in [-0.2, -0.15) is 0 Å². The summed E-state index contributed by atoms with van der Waals surface area (Å²) < 4.78 is 27.5. The van der Waals surface area contributed by atoms with Crippen molar-refractivity contribution in [1.29, 1.82) is 0 Å². The molecule has 2 aromatic rings. The maximum absolute atomic E-state index is 14.0. The molecule has 2 aromatic heterocycles. The largest absolute Gasteiger partial charge is 0.461 e. The average molecular weight is 536 g/mol. The smallest absolute Gasteiger partial charge is 0.326 e. The van der Waals surface area contributed by atoms with Crippen LogP contribution in [0.25, 0.3) is 11.2 Å². The highest BCUT2D eigenvalue weighted by Gasteiger charge is 2.51. The average Bonchev–Trinajstić information content (AvgIpc) is 3.16. The van der Waals surface area contributed by atoms with E-state index in [4.69, 9.17) is 15.2 Å². The minimum absolute atomic E-state index is 0.105. The number of ether oxygens (including phenoxy) is 2. The van der Waals surface area contributed by atoms with Crippen LogP contribution in [-0.2, 0) is 30.2 Å². The van der Waals surface area contributed by atoms with Crippen molar-refractivity contribution in [3.8, 4) is 0 Å². The van der Waals surface area contributed by atoms with Gasteiger partial charge >= 0.3 is 5.97 Å². The molecule has 2 unspecified atom stereocenters. The van der Waals surface area contributed by atoms with Gasteiger partial charge in [-0.15, -0.1) is 0 Å². The lowest BCUT2D eigenvalue weighted by atomic mass is 9.55. The van der Waals surface area contributed by atoms with E-state index in [-0.39, 0.29) is 18.3 Å². The number of anilines is 1. The van der Waals surface area contributed by atoms with E-state index in [1.807, 2.05) is 6.92 Å². The molecule has 2 fully saturated rings. The normalized spacial score (nSPS) is 20.1. The molecule has 0 saturated heterocycles. The molecule has 0 aliphatic heterocycles. The molecule has 4 rings (SSSR count). The van der Waals surface area contributed by atoms with Gasteiger partial charge in [0.25, 0.3) is 0 Å². The number of nitrogens with one attached hydrogen (secondary N) is 2. The Labute approximate surface area is 217 Å². The van der Waals surface area contributed by atoms with Gasteiger partial charge in [0, 0.05) is 0 Å². The number of nitrogen functional groups attached to an aromatic ring is 1. The van der Waals surface area contributed by atoms with Gasteiger partial charge in [-0.1, -0.05) is 6.42 Å². The van der Waals surface area contributed by atoms with Crippen LogP contribution in [0.3, 0.4) is 0 Å². The Kier molecular flexibility index (Phi) is 7.51. The lowest BCUT2D eigenvalue weighted by Gasteiger charge is -2.53. The highest BCUT2D eigenvalue weighted by molar-refractivity contribution is 7.59. The summed E-state index contributed by atoms with van der Waals surface area (Å²) in [6.45, 7) is 8.65. The van der Waals surface area contributed by atoms with Crippen LogP contribution in [0.4, 0.5) is 5.82 Å². The van der Waals surface area contributed by atoms with Gasteiger partial charge in [0.1, 0.15) is 36.1 Å². The molecule has 13 heteroatoms. The highest BCUT2D eigenvalue weighted by atomic mass is 31.2. The fourth-order valence-electron chi connectivity index (χ4n) is 5.05. The molecule has 2 atom stereocenters. The first-order chi connectivity index (χ1) is 17.3. The number of carbonyl (C=O) groups excluding carboxylic acids is 2. The molecular formula is C24H38N7O5P. The summed E-state index contributed by atoms with van der Waals surface area (Å²) >= 11 is 0. The van der Waals surface area contributed by atoms with Gasteiger partial charge < -0.3 is 24.6 Å². The minimum atomic E-state index is -3.61. The van der Waals surface area contributed by atoms with Crippen LogP contribution in [0.15, 0.2) is 12.7 Å². The molecule has 0 radical (unpaired) electrons. The maximum Gasteiger partial charge on any atom is 0.326 e. The second-order valence-corrected chi connectivity index (χ2v) is 13.8. The number of aldehydes is 1. The standard InChI is InChI=1S/C24H38N7O5P/c1-16(11-31-14-28-18-19(25)26-13-27-20(18)31)35-15-37(34,29-22(2,3)12-32)30-23(4,5)21(33)36-17-9-24(10-17)7-6-8-24/h12-14,16-17H,6-11,15H2,1-5H3,(H2,25,26,27)(H2,29,30,34). The molecule has 12 nitrogen and oxygen atoms in total. The number of aromatic nitrogens is 4. The van der Waals surface area contributed by atoms with Crippen LogP contribution >= 0.6 is 7.44 Å². The number of imidazole rings is 1. The number of rotatable bonds is 12. The number of carbonyl (C=O) groups is 2. The van der Waals surface area contributed by atoms with Crippen molar-refractivity contribution in [1.82, 2.24) is 29.7 Å². The number of nitrogens with zero attached hydrogens (tertiary/aromatic N) is 4. The molecule has 2 aliphatic carbocycles. The fourth-order valence-corrected chi connectivity index (χ4v) is 7.68. The van der Waals surface area contributed by atoms with E-state index in [9.17, 15) is 14.2 Å². The van der Waals surface area contributed by atoms with Crippen molar-refractivity contribution in [2.24, 2.45) is 5.41 Å². The predicted molar refractivity (Wildman–Crippen MR) is 139 cm³/mol. The SMILES string of the molecule is CC(Cn1cnc2c(N)ncnc21)OCP(=O)(NC(C)(C)C=O)NC(C)(C)C(=O)OC1CC2(CCC2)C1. The number of esters is 1. The molecule has 37 heavy (non-hydrogen) atoms. The molecule has 0 aromatic carbocycles. The van der Waals surface area contributed by atoms with Crippen LogP contribution in [0.2, 0.25) is 0 Å². The van der Waals surface area contributed by atoms with E-state index in [2.05, 4.69) is 25.1 Å². The van der Waals surface area contributed by atoms with Gasteiger partial charge in [-0.25, -0.2) is 25.1 Å². The maximum atomic E-state index is 14.0. The molecule has 2 saturated carbocycles. The van der Waals surface area contributed by atoms with E-state index < -0.39 is 30.6 Å². The third-order valence-electron chi connectivity index (χ3n) is 7.17. The third kappa shape index (κ3) is 6.19. The second-order valence-electron chi connectivity index (χ2n) is 11.7. The molecule has 2 aliphatic rings. The van der Waals surface area contributed by atoms with Crippen molar-refractivity contribution in [2.75, 3.05) is 12.1 Å². The Hall–Kier alpha value is -2.40. The summed E-state index contributed by atoms with van der Waals surface area (Å²) in [5.41, 5.74) is 4.90. The Morgan fingerprint density at radius 3 is 2.59 bits per heavy atom. The van der Waals surface area contributed by atoms with Gasteiger partial charge in [0.15, 0.2) is 11.5 Å².